The number of hydrogen-bond donors (Lipinski definition) is 1. The van der Waals surface area contributed by atoms with Crippen LogP contribution >= 0.6 is 0 Å². The van der Waals surface area contributed by atoms with E-state index < -0.39 is 11.6 Å². The third-order valence-electron chi connectivity index (χ3n) is 3.73. The molecule has 3 heteroatoms. The molecule has 1 atom stereocenters. The van der Waals surface area contributed by atoms with E-state index in [1.165, 1.54) is 23.8 Å². The van der Waals surface area contributed by atoms with E-state index in [9.17, 15) is 8.78 Å². The molecule has 0 saturated carbocycles. The summed E-state index contributed by atoms with van der Waals surface area (Å²) in [6, 6.07) is 14.0. The Kier molecular flexibility index (Phi) is 4.61. The van der Waals surface area contributed by atoms with Crippen molar-refractivity contribution in [1.29, 1.82) is 0 Å². The number of para-hydroxylation sites is 1. The molecule has 0 aliphatic rings. The lowest BCUT2D eigenvalue weighted by molar-refractivity contribution is 0.447. The average Bonchev–Trinajstić information content (AvgIpc) is 2.43. The zero-order valence-electron chi connectivity index (χ0n) is 12.7. The van der Waals surface area contributed by atoms with Crippen LogP contribution in [0.15, 0.2) is 48.5 Å². The highest BCUT2D eigenvalue weighted by Crippen LogP contribution is 2.30. The molecule has 0 fully saturated rings. The van der Waals surface area contributed by atoms with Gasteiger partial charge in [0.15, 0.2) is 0 Å². The van der Waals surface area contributed by atoms with Crippen LogP contribution < -0.4 is 5.32 Å². The molecular weight excluding hydrogens is 268 g/mol. The van der Waals surface area contributed by atoms with Gasteiger partial charge in [-0.3, -0.25) is 0 Å². The third kappa shape index (κ3) is 3.81. The second-order valence-corrected chi connectivity index (χ2v) is 6.10. The lowest BCUT2D eigenvalue weighted by atomic mass is 9.79. The highest BCUT2D eigenvalue weighted by Gasteiger charge is 2.24. The van der Waals surface area contributed by atoms with E-state index in [0.717, 1.165) is 6.42 Å². The van der Waals surface area contributed by atoms with Gasteiger partial charge >= 0.3 is 0 Å². The molecule has 0 spiro atoms. The maximum absolute atomic E-state index is 13.7. The fraction of sp³-hybridized carbons (Fsp3) is 0.333. The van der Waals surface area contributed by atoms with Crippen LogP contribution in [0.25, 0.3) is 0 Å². The van der Waals surface area contributed by atoms with E-state index in [-0.39, 0.29) is 17.1 Å². The quantitative estimate of drug-likeness (QED) is 0.804. The van der Waals surface area contributed by atoms with Crippen LogP contribution in [0, 0.1) is 11.6 Å². The van der Waals surface area contributed by atoms with Crippen LogP contribution in [-0.4, -0.2) is 6.04 Å². The first kappa shape index (κ1) is 15.5. The van der Waals surface area contributed by atoms with Gasteiger partial charge < -0.3 is 5.32 Å². The Hall–Kier alpha value is -1.90. The molecule has 112 valence electrons. The molecule has 0 amide bonds. The van der Waals surface area contributed by atoms with E-state index >= 15 is 0 Å². The Morgan fingerprint density at radius 3 is 2.10 bits per heavy atom. The monoisotopic (exact) mass is 289 g/mol. The fourth-order valence-electron chi connectivity index (χ4n) is 2.71. The molecule has 21 heavy (non-hydrogen) atoms. The van der Waals surface area contributed by atoms with Gasteiger partial charge in [-0.2, -0.15) is 0 Å². The number of anilines is 1. The van der Waals surface area contributed by atoms with Gasteiger partial charge in [0.05, 0.1) is 0 Å². The molecule has 0 aliphatic heterocycles. The van der Waals surface area contributed by atoms with Crippen LogP contribution in [0.1, 0.15) is 32.8 Å². The minimum atomic E-state index is -0.556. The van der Waals surface area contributed by atoms with Gasteiger partial charge in [0.25, 0.3) is 0 Å². The average molecular weight is 289 g/mol. The van der Waals surface area contributed by atoms with Gasteiger partial charge in [-0.1, -0.05) is 50.2 Å². The van der Waals surface area contributed by atoms with E-state index in [0.29, 0.717) is 0 Å². The van der Waals surface area contributed by atoms with Crippen molar-refractivity contribution in [2.24, 2.45) is 0 Å². The van der Waals surface area contributed by atoms with Crippen molar-refractivity contribution in [3.05, 3.63) is 65.7 Å². The van der Waals surface area contributed by atoms with Crippen LogP contribution in [0.4, 0.5) is 14.5 Å². The molecule has 0 saturated heterocycles. The van der Waals surface area contributed by atoms with Crippen molar-refractivity contribution in [1.82, 2.24) is 0 Å². The lowest BCUT2D eigenvalue weighted by Gasteiger charge is -2.29. The topological polar surface area (TPSA) is 12.0 Å². The van der Waals surface area contributed by atoms with Gasteiger partial charge in [0.2, 0.25) is 0 Å². The van der Waals surface area contributed by atoms with Crippen molar-refractivity contribution in [2.75, 3.05) is 5.32 Å². The van der Waals surface area contributed by atoms with Gasteiger partial charge in [0, 0.05) is 6.04 Å². The van der Waals surface area contributed by atoms with Crippen LogP contribution in [0.2, 0.25) is 0 Å². The maximum atomic E-state index is 13.7. The van der Waals surface area contributed by atoms with Crippen LogP contribution in [0.3, 0.4) is 0 Å². The molecule has 0 aromatic heterocycles. The van der Waals surface area contributed by atoms with Gasteiger partial charge in [-0.05, 0) is 36.5 Å². The molecule has 0 heterocycles. The van der Waals surface area contributed by atoms with E-state index in [4.69, 9.17) is 0 Å². The predicted octanol–water partition coefficient (Wildman–Crippen LogP) is 5.13. The summed E-state index contributed by atoms with van der Waals surface area (Å²) in [5.74, 6) is -1.11. The Morgan fingerprint density at radius 1 is 0.952 bits per heavy atom. The maximum Gasteiger partial charge on any atom is 0.149 e. The summed E-state index contributed by atoms with van der Waals surface area (Å²) in [6.07, 6.45) is 0.769. The van der Waals surface area contributed by atoms with Crippen molar-refractivity contribution >= 4 is 5.69 Å². The van der Waals surface area contributed by atoms with Crippen molar-refractivity contribution in [3.8, 4) is 0 Å². The number of nitrogens with one attached hydrogen (secondary N) is 1. The summed E-state index contributed by atoms with van der Waals surface area (Å²) in [5.41, 5.74) is 1.09. The molecule has 2 aromatic rings. The Morgan fingerprint density at radius 2 is 1.52 bits per heavy atom. The zero-order chi connectivity index (χ0) is 15.5. The first-order chi connectivity index (χ1) is 9.90. The molecule has 2 rings (SSSR count). The van der Waals surface area contributed by atoms with Gasteiger partial charge in [-0.25, -0.2) is 8.78 Å². The number of halogens is 2. The minimum Gasteiger partial charge on any atom is -0.378 e. The van der Waals surface area contributed by atoms with Gasteiger partial charge in [0.1, 0.15) is 17.3 Å². The molecular formula is C18H21F2N. The number of benzene rings is 2. The lowest BCUT2D eigenvalue weighted by Crippen LogP contribution is -2.28. The first-order valence-electron chi connectivity index (χ1n) is 7.16. The second-order valence-electron chi connectivity index (χ2n) is 6.10. The van der Waals surface area contributed by atoms with Gasteiger partial charge in [-0.15, -0.1) is 0 Å². The molecule has 1 unspecified atom stereocenters. The second kappa shape index (κ2) is 6.25. The molecule has 0 radical (unpaired) electrons. The molecule has 1 nitrogen and oxygen atoms in total. The smallest absolute Gasteiger partial charge is 0.149 e. The van der Waals surface area contributed by atoms with Crippen LogP contribution in [0.5, 0.6) is 0 Å². The Bertz CT molecular complexity index is 573. The standard InChI is InChI=1S/C18H21F2N/c1-13(21-17-15(19)10-7-11-16(17)20)12-18(2,3)14-8-5-4-6-9-14/h4-11,13,21H,12H2,1-3H3. The van der Waals surface area contributed by atoms with E-state index in [1.807, 2.05) is 25.1 Å². The molecule has 2 aromatic carbocycles. The van der Waals surface area contributed by atoms with Crippen molar-refractivity contribution < 1.29 is 8.78 Å². The number of hydrogen-bond acceptors (Lipinski definition) is 1. The fourth-order valence-corrected chi connectivity index (χ4v) is 2.71. The highest BCUT2D eigenvalue weighted by molar-refractivity contribution is 5.47. The summed E-state index contributed by atoms with van der Waals surface area (Å²) in [7, 11) is 0. The number of rotatable bonds is 5. The summed E-state index contributed by atoms with van der Waals surface area (Å²) in [6.45, 7) is 6.22. The zero-order valence-corrected chi connectivity index (χ0v) is 12.7. The predicted molar refractivity (Wildman–Crippen MR) is 83.5 cm³/mol. The minimum absolute atomic E-state index is 0.0474. The summed E-state index contributed by atoms with van der Waals surface area (Å²) in [4.78, 5) is 0. The molecule has 0 aliphatic carbocycles. The normalized spacial score (nSPS) is 13.0. The van der Waals surface area contributed by atoms with Crippen molar-refractivity contribution in [3.63, 3.8) is 0 Å². The molecule has 0 bridgehead atoms. The van der Waals surface area contributed by atoms with E-state index in [2.05, 4.69) is 31.3 Å². The Balaban J connectivity index is 2.10. The SMILES string of the molecule is CC(CC(C)(C)c1ccccc1)Nc1c(F)cccc1F. The summed E-state index contributed by atoms with van der Waals surface area (Å²) in [5, 5.41) is 2.95. The summed E-state index contributed by atoms with van der Waals surface area (Å²) < 4.78 is 27.3. The molecule has 1 N–H and O–H groups in total. The van der Waals surface area contributed by atoms with E-state index in [1.54, 1.807) is 0 Å². The summed E-state index contributed by atoms with van der Waals surface area (Å²) >= 11 is 0. The Labute approximate surface area is 125 Å². The highest BCUT2D eigenvalue weighted by atomic mass is 19.1. The first-order valence-corrected chi connectivity index (χ1v) is 7.16. The van der Waals surface area contributed by atoms with Crippen LogP contribution in [-0.2, 0) is 5.41 Å². The third-order valence-corrected chi connectivity index (χ3v) is 3.73. The van der Waals surface area contributed by atoms with Crippen molar-refractivity contribution in [2.45, 2.75) is 38.6 Å². The largest absolute Gasteiger partial charge is 0.378 e.